The number of ketones is 1. The van der Waals surface area contributed by atoms with Crippen LogP contribution < -0.4 is 0 Å². The first-order valence-electron chi connectivity index (χ1n) is 6.22. The summed E-state index contributed by atoms with van der Waals surface area (Å²) in [5, 5.41) is 3.80. The van der Waals surface area contributed by atoms with Crippen LogP contribution >= 0.6 is 0 Å². The van der Waals surface area contributed by atoms with Crippen molar-refractivity contribution in [3.8, 4) is 0 Å². The number of carbonyl (C=O) groups excluding carboxylic acids is 1. The van der Waals surface area contributed by atoms with Gasteiger partial charge in [0.05, 0.1) is 6.57 Å². The van der Waals surface area contributed by atoms with E-state index in [1.54, 1.807) is 18.2 Å². The van der Waals surface area contributed by atoms with Gasteiger partial charge in [-0.3, -0.25) is 4.79 Å². The quantitative estimate of drug-likeness (QED) is 0.337. The van der Waals surface area contributed by atoms with Gasteiger partial charge in [-0.05, 0) is 36.4 Å². The minimum Gasteiger partial charge on any atom is -0.299 e. The fourth-order valence-electron chi connectivity index (χ4n) is 2.54. The number of carbonyl (C=O) groups is 1. The number of hydrogen-bond acceptors (Lipinski definition) is 2. The first-order valence-corrected chi connectivity index (χ1v) is 6.22. The second-order valence-electron chi connectivity index (χ2n) is 4.79. The van der Waals surface area contributed by atoms with Crippen LogP contribution in [0.5, 0.6) is 0 Å². The van der Waals surface area contributed by atoms with Crippen LogP contribution in [0.15, 0.2) is 23.3 Å². The summed E-state index contributed by atoms with van der Waals surface area (Å²) >= 11 is 0. The summed E-state index contributed by atoms with van der Waals surface area (Å²) in [5.41, 5.74) is 9.69. The third kappa shape index (κ3) is 2.18. The fraction of sp³-hybridized carbons (Fsp3) is 0.429. The van der Waals surface area contributed by atoms with E-state index in [4.69, 9.17) is 12.1 Å². The lowest BCUT2D eigenvalue weighted by atomic mass is 9.76. The van der Waals surface area contributed by atoms with Crippen LogP contribution in [0.25, 0.3) is 15.3 Å². The van der Waals surface area contributed by atoms with Crippen molar-refractivity contribution in [1.82, 2.24) is 0 Å². The summed E-state index contributed by atoms with van der Waals surface area (Å²) in [6, 6.07) is 5.28. The standard InChI is InChI=1S/C14H14N4O/c1-10-6-7-11(9-12(10)16-2)14(17-18-15)8-4-3-5-13(14)19/h6-7,9H,3-5,8H2,1H3. The molecule has 0 amide bonds. The predicted octanol–water partition coefficient (Wildman–Crippen LogP) is 4.19. The Hall–Kier alpha value is -2.31. The molecule has 19 heavy (non-hydrogen) atoms. The number of azide groups is 1. The molecule has 0 N–H and O–H groups in total. The minimum absolute atomic E-state index is 0.0451. The molecule has 1 saturated carbocycles. The Morgan fingerprint density at radius 1 is 1.42 bits per heavy atom. The topological polar surface area (TPSA) is 70.2 Å². The molecule has 1 aromatic carbocycles. The zero-order valence-corrected chi connectivity index (χ0v) is 10.8. The van der Waals surface area contributed by atoms with Crippen molar-refractivity contribution < 1.29 is 4.79 Å². The Labute approximate surface area is 111 Å². The Balaban J connectivity index is 2.60. The smallest absolute Gasteiger partial charge is 0.190 e. The summed E-state index contributed by atoms with van der Waals surface area (Å²) in [6.45, 7) is 8.99. The molecule has 1 aromatic rings. The maximum absolute atomic E-state index is 12.2. The van der Waals surface area contributed by atoms with Crippen molar-refractivity contribution in [3.63, 3.8) is 0 Å². The average molecular weight is 254 g/mol. The average Bonchev–Trinajstić information content (AvgIpc) is 2.42. The monoisotopic (exact) mass is 254 g/mol. The zero-order chi connectivity index (χ0) is 13.9. The van der Waals surface area contributed by atoms with Gasteiger partial charge < -0.3 is 0 Å². The van der Waals surface area contributed by atoms with Gasteiger partial charge in [0.1, 0.15) is 11.3 Å². The molecule has 96 valence electrons. The number of benzene rings is 1. The Morgan fingerprint density at radius 3 is 2.84 bits per heavy atom. The molecule has 1 aliphatic carbocycles. The normalized spacial score (nSPS) is 22.4. The van der Waals surface area contributed by atoms with Gasteiger partial charge in [-0.25, -0.2) is 4.85 Å². The van der Waals surface area contributed by atoms with Gasteiger partial charge in [-0.15, -0.1) is 0 Å². The van der Waals surface area contributed by atoms with Crippen LogP contribution in [0.2, 0.25) is 0 Å². The lowest BCUT2D eigenvalue weighted by Gasteiger charge is -2.32. The SMILES string of the molecule is [C-]#[N+]c1cc(C2(N=[N+]=[N-])CCCCC2=O)ccc1C. The first-order chi connectivity index (χ1) is 9.14. The van der Waals surface area contributed by atoms with Crippen molar-refractivity contribution in [2.75, 3.05) is 0 Å². The summed E-state index contributed by atoms with van der Waals surface area (Å²) in [7, 11) is 0. The van der Waals surface area contributed by atoms with Crippen molar-refractivity contribution in [3.05, 3.63) is 51.2 Å². The highest BCUT2D eigenvalue weighted by atomic mass is 16.1. The molecule has 0 radical (unpaired) electrons. The molecule has 0 saturated heterocycles. The molecule has 0 aliphatic heterocycles. The lowest BCUT2D eigenvalue weighted by Crippen LogP contribution is -2.36. The highest BCUT2D eigenvalue weighted by molar-refractivity contribution is 5.91. The maximum atomic E-state index is 12.2. The summed E-state index contributed by atoms with van der Waals surface area (Å²) < 4.78 is 0. The maximum Gasteiger partial charge on any atom is 0.190 e. The highest BCUT2D eigenvalue weighted by Crippen LogP contribution is 2.40. The van der Waals surface area contributed by atoms with Crippen molar-refractivity contribution in [1.29, 1.82) is 0 Å². The second-order valence-corrected chi connectivity index (χ2v) is 4.79. The second kappa shape index (κ2) is 5.13. The van der Waals surface area contributed by atoms with Crippen LogP contribution in [-0.2, 0) is 10.3 Å². The van der Waals surface area contributed by atoms with E-state index in [0.29, 0.717) is 24.1 Å². The van der Waals surface area contributed by atoms with E-state index >= 15 is 0 Å². The highest BCUT2D eigenvalue weighted by Gasteiger charge is 2.40. The summed E-state index contributed by atoms with van der Waals surface area (Å²) in [4.78, 5) is 18.6. The lowest BCUT2D eigenvalue weighted by molar-refractivity contribution is -0.126. The van der Waals surface area contributed by atoms with Crippen molar-refractivity contribution >= 4 is 11.5 Å². The van der Waals surface area contributed by atoms with Gasteiger partial charge in [0, 0.05) is 11.3 Å². The van der Waals surface area contributed by atoms with E-state index in [2.05, 4.69) is 14.9 Å². The largest absolute Gasteiger partial charge is 0.299 e. The van der Waals surface area contributed by atoms with Gasteiger partial charge >= 0.3 is 0 Å². The van der Waals surface area contributed by atoms with E-state index in [1.807, 2.05) is 6.92 Å². The molecule has 1 unspecified atom stereocenters. The van der Waals surface area contributed by atoms with E-state index in [0.717, 1.165) is 18.4 Å². The van der Waals surface area contributed by atoms with Crippen LogP contribution in [0.3, 0.4) is 0 Å². The zero-order valence-electron chi connectivity index (χ0n) is 10.8. The molecule has 0 spiro atoms. The van der Waals surface area contributed by atoms with Gasteiger partial charge in [-0.1, -0.05) is 29.7 Å². The van der Waals surface area contributed by atoms with Crippen LogP contribution in [0.1, 0.15) is 36.8 Å². The number of hydrogen-bond donors (Lipinski definition) is 0. The molecular formula is C14H14N4O. The number of aryl methyl sites for hydroxylation is 1. The predicted molar refractivity (Wildman–Crippen MR) is 71.7 cm³/mol. The van der Waals surface area contributed by atoms with Gasteiger partial charge in [-0.2, -0.15) is 0 Å². The molecule has 1 atom stereocenters. The Bertz CT molecular complexity index is 610. The first kappa shape index (κ1) is 13.1. The van der Waals surface area contributed by atoms with Crippen molar-refractivity contribution in [2.45, 2.75) is 38.1 Å². The van der Waals surface area contributed by atoms with E-state index < -0.39 is 5.54 Å². The van der Waals surface area contributed by atoms with Crippen LogP contribution in [0, 0.1) is 13.5 Å². The number of rotatable bonds is 2. The fourth-order valence-corrected chi connectivity index (χ4v) is 2.54. The van der Waals surface area contributed by atoms with E-state index in [-0.39, 0.29) is 5.78 Å². The van der Waals surface area contributed by atoms with E-state index in [9.17, 15) is 4.79 Å². The summed E-state index contributed by atoms with van der Waals surface area (Å²) in [5.74, 6) is -0.0451. The van der Waals surface area contributed by atoms with Gasteiger partial charge in [0.15, 0.2) is 5.69 Å². The molecule has 5 heteroatoms. The Kier molecular flexibility index (Phi) is 3.55. The molecule has 1 aliphatic rings. The minimum atomic E-state index is -1.11. The number of nitrogens with zero attached hydrogens (tertiary/aromatic N) is 4. The van der Waals surface area contributed by atoms with E-state index in [1.165, 1.54) is 0 Å². The van der Waals surface area contributed by atoms with Gasteiger partial charge in [0.25, 0.3) is 0 Å². The summed E-state index contributed by atoms with van der Waals surface area (Å²) in [6.07, 6.45) is 2.64. The molecule has 0 bridgehead atoms. The van der Waals surface area contributed by atoms with Crippen LogP contribution in [0.4, 0.5) is 5.69 Å². The van der Waals surface area contributed by atoms with Crippen molar-refractivity contribution in [2.24, 2.45) is 5.11 Å². The Morgan fingerprint density at radius 2 is 2.21 bits per heavy atom. The third-order valence-corrected chi connectivity index (χ3v) is 3.68. The molecule has 2 rings (SSSR count). The number of Topliss-reactive ketones (excluding diaryl/α,β-unsaturated/α-hetero) is 1. The van der Waals surface area contributed by atoms with Gasteiger partial charge in [0.2, 0.25) is 0 Å². The third-order valence-electron chi connectivity index (χ3n) is 3.68. The molecule has 0 aromatic heterocycles. The molecular weight excluding hydrogens is 240 g/mol. The van der Waals surface area contributed by atoms with Crippen LogP contribution in [-0.4, -0.2) is 5.78 Å². The molecule has 0 heterocycles. The molecule has 1 fully saturated rings. The molecule has 5 nitrogen and oxygen atoms in total.